The number of pyridine rings is 1. The van der Waals surface area contributed by atoms with Crippen molar-refractivity contribution < 1.29 is 18.0 Å². The van der Waals surface area contributed by atoms with Gasteiger partial charge in [0.05, 0.1) is 5.56 Å². The lowest BCUT2D eigenvalue weighted by molar-refractivity contribution is -0.137. The van der Waals surface area contributed by atoms with Gasteiger partial charge in [0.25, 0.3) is 5.91 Å². The number of aromatic amines is 1. The van der Waals surface area contributed by atoms with Crippen molar-refractivity contribution in [2.24, 2.45) is 0 Å². The van der Waals surface area contributed by atoms with Crippen LogP contribution >= 0.6 is 11.3 Å². The second kappa shape index (κ2) is 6.52. The molecule has 10 heteroatoms. The number of benzene rings is 1. The molecule has 1 amide bonds. The number of hydrogen-bond acceptors (Lipinski definition) is 5. The van der Waals surface area contributed by atoms with Crippen molar-refractivity contribution in [3.8, 4) is 0 Å². The molecule has 0 saturated carbocycles. The molecule has 136 valence electrons. The molecule has 6 nitrogen and oxygen atoms in total. The van der Waals surface area contributed by atoms with E-state index < -0.39 is 23.1 Å². The molecule has 0 radical (unpaired) electrons. The molecule has 0 spiro atoms. The van der Waals surface area contributed by atoms with Gasteiger partial charge in [0.2, 0.25) is 10.6 Å². The minimum atomic E-state index is -4.52. The van der Waals surface area contributed by atoms with E-state index in [1.54, 1.807) is 0 Å². The summed E-state index contributed by atoms with van der Waals surface area (Å²) in [6.07, 6.45) is -3.43. The third-order valence-corrected chi connectivity index (χ3v) is 4.75. The fourth-order valence-corrected chi connectivity index (χ4v) is 2.99. The highest BCUT2D eigenvalue weighted by molar-refractivity contribution is 7.15. The summed E-state index contributed by atoms with van der Waals surface area (Å²) in [5, 5.41) is 11.2. The highest BCUT2D eigenvalue weighted by Gasteiger charge is 2.30. The lowest BCUT2D eigenvalue weighted by Crippen LogP contribution is -2.22. The zero-order chi connectivity index (χ0) is 19.1. The summed E-state index contributed by atoms with van der Waals surface area (Å²) in [7, 11) is 0. The fraction of sp³-hybridized carbons (Fsp3) is 0.250. The minimum Gasteiger partial charge on any atom is -0.360 e. The minimum absolute atomic E-state index is 0.000570. The van der Waals surface area contributed by atoms with Crippen LogP contribution in [0.5, 0.6) is 0 Å². The number of H-pyrrole nitrogens is 1. The highest BCUT2D eigenvalue weighted by Crippen LogP contribution is 2.30. The predicted octanol–water partition coefficient (Wildman–Crippen LogP) is 3.77. The van der Waals surface area contributed by atoms with Gasteiger partial charge < -0.3 is 4.98 Å². The van der Waals surface area contributed by atoms with Crippen LogP contribution in [-0.2, 0) is 6.18 Å². The van der Waals surface area contributed by atoms with Gasteiger partial charge in [-0.3, -0.25) is 14.9 Å². The van der Waals surface area contributed by atoms with Gasteiger partial charge in [-0.15, -0.1) is 10.2 Å². The standard InChI is InChI=1S/C16H13F3N4O2S/c1-7(2)14-22-23-15(26-14)21-13(25)10-6-20-11-5-8(16(17,18)19)3-4-9(11)12(10)24/h3-7H,1-2H3,(H,20,24)(H,21,23,25). The number of amides is 1. The molecule has 0 saturated heterocycles. The van der Waals surface area contributed by atoms with Gasteiger partial charge in [0.1, 0.15) is 10.6 Å². The number of halogens is 3. The Morgan fingerprint density at radius 2 is 2.00 bits per heavy atom. The maximum Gasteiger partial charge on any atom is 0.416 e. The average molecular weight is 382 g/mol. The van der Waals surface area contributed by atoms with E-state index in [-0.39, 0.29) is 27.5 Å². The summed E-state index contributed by atoms with van der Waals surface area (Å²) in [5.74, 6) is -0.565. The SMILES string of the molecule is CC(C)c1nnc(NC(=O)c2c[nH]c3cc(C(F)(F)F)ccc3c2=O)s1. The van der Waals surface area contributed by atoms with E-state index in [2.05, 4.69) is 20.5 Å². The van der Waals surface area contributed by atoms with Gasteiger partial charge >= 0.3 is 6.18 Å². The largest absolute Gasteiger partial charge is 0.416 e. The Morgan fingerprint density at radius 3 is 2.62 bits per heavy atom. The van der Waals surface area contributed by atoms with Crippen molar-refractivity contribution in [2.75, 3.05) is 5.32 Å². The van der Waals surface area contributed by atoms with Crippen molar-refractivity contribution in [3.63, 3.8) is 0 Å². The number of aromatic nitrogens is 3. The molecule has 2 N–H and O–H groups in total. The number of anilines is 1. The topological polar surface area (TPSA) is 87.7 Å². The first-order valence-corrected chi connectivity index (χ1v) is 8.36. The van der Waals surface area contributed by atoms with Crippen LogP contribution in [0.25, 0.3) is 10.9 Å². The normalized spacial score (nSPS) is 11.9. The number of nitrogens with zero attached hydrogens (tertiary/aromatic N) is 2. The predicted molar refractivity (Wildman–Crippen MR) is 91.5 cm³/mol. The number of rotatable bonds is 3. The highest BCUT2D eigenvalue weighted by atomic mass is 32.1. The van der Waals surface area contributed by atoms with E-state index >= 15 is 0 Å². The van der Waals surface area contributed by atoms with E-state index in [4.69, 9.17) is 0 Å². The number of alkyl halides is 3. The maximum atomic E-state index is 12.8. The summed E-state index contributed by atoms with van der Waals surface area (Å²) in [6, 6.07) is 2.69. The maximum absolute atomic E-state index is 12.8. The molecule has 0 aliphatic rings. The molecule has 1 aromatic carbocycles. The number of carbonyl (C=O) groups is 1. The molecule has 0 aliphatic heterocycles. The Morgan fingerprint density at radius 1 is 1.27 bits per heavy atom. The van der Waals surface area contributed by atoms with Crippen LogP contribution < -0.4 is 10.7 Å². The van der Waals surface area contributed by atoms with E-state index in [1.807, 2.05) is 13.8 Å². The summed E-state index contributed by atoms with van der Waals surface area (Å²) < 4.78 is 38.3. The molecule has 0 bridgehead atoms. The quantitative estimate of drug-likeness (QED) is 0.722. The molecular weight excluding hydrogens is 369 g/mol. The number of hydrogen-bond donors (Lipinski definition) is 2. The van der Waals surface area contributed by atoms with Crippen LogP contribution in [-0.4, -0.2) is 21.1 Å². The van der Waals surface area contributed by atoms with Crippen LogP contribution in [0.2, 0.25) is 0 Å². The zero-order valence-corrected chi connectivity index (χ0v) is 14.5. The van der Waals surface area contributed by atoms with Crippen LogP contribution in [0, 0.1) is 0 Å². The smallest absolute Gasteiger partial charge is 0.360 e. The molecule has 3 rings (SSSR count). The Labute approximate surface area is 149 Å². The lowest BCUT2D eigenvalue weighted by atomic mass is 10.1. The lowest BCUT2D eigenvalue weighted by Gasteiger charge is -2.08. The summed E-state index contributed by atoms with van der Waals surface area (Å²) >= 11 is 1.19. The first-order valence-electron chi connectivity index (χ1n) is 7.54. The molecule has 3 aromatic rings. The summed E-state index contributed by atoms with van der Waals surface area (Å²) in [6.45, 7) is 3.85. The number of carbonyl (C=O) groups excluding carboxylic acids is 1. The van der Waals surface area contributed by atoms with Crippen molar-refractivity contribution in [1.82, 2.24) is 15.2 Å². The fourth-order valence-electron chi connectivity index (χ4n) is 2.25. The molecule has 26 heavy (non-hydrogen) atoms. The Bertz CT molecular complexity index is 1040. The second-order valence-corrected chi connectivity index (χ2v) is 6.85. The van der Waals surface area contributed by atoms with Crippen molar-refractivity contribution in [3.05, 3.63) is 50.8 Å². The van der Waals surface area contributed by atoms with Gasteiger partial charge in [-0.05, 0) is 18.2 Å². The Kier molecular flexibility index (Phi) is 4.53. The van der Waals surface area contributed by atoms with E-state index in [9.17, 15) is 22.8 Å². The number of nitrogens with one attached hydrogen (secondary N) is 2. The summed E-state index contributed by atoms with van der Waals surface area (Å²) in [4.78, 5) is 27.3. The van der Waals surface area contributed by atoms with Gasteiger partial charge in [0, 0.05) is 23.0 Å². The molecule has 0 fully saturated rings. The van der Waals surface area contributed by atoms with Crippen molar-refractivity contribution in [1.29, 1.82) is 0 Å². The van der Waals surface area contributed by atoms with Gasteiger partial charge in [-0.25, -0.2) is 0 Å². The van der Waals surface area contributed by atoms with E-state index in [1.165, 1.54) is 11.3 Å². The molecule has 0 unspecified atom stereocenters. The molecule has 2 aromatic heterocycles. The third kappa shape index (κ3) is 3.45. The molecule has 2 heterocycles. The van der Waals surface area contributed by atoms with Gasteiger partial charge in [0.15, 0.2) is 0 Å². The zero-order valence-electron chi connectivity index (χ0n) is 13.6. The van der Waals surface area contributed by atoms with Crippen LogP contribution in [0.15, 0.2) is 29.2 Å². The van der Waals surface area contributed by atoms with Crippen molar-refractivity contribution in [2.45, 2.75) is 25.9 Å². The van der Waals surface area contributed by atoms with Crippen LogP contribution in [0.3, 0.4) is 0 Å². The first kappa shape index (κ1) is 18.1. The number of fused-ring (bicyclic) bond motifs is 1. The first-order chi connectivity index (χ1) is 12.2. The van der Waals surface area contributed by atoms with Gasteiger partial charge in [-0.1, -0.05) is 25.2 Å². The van der Waals surface area contributed by atoms with Crippen LogP contribution in [0.1, 0.15) is 40.7 Å². The van der Waals surface area contributed by atoms with Crippen LogP contribution in [0.4, 0.5) is 18.3 Å². The van der Waals surface area contributed by atoms with E-state index in [0.29, 0.717) is 0 Å². The Hall–Kier alpha value is -2.75. The second-order valence-electron chi connectivity index (χ2n) is 5.84. The molecular formula is C16H13F3N4O2S. The van der Waals surface area contributed by atoms with E-state index in [0.717, 1.165) is 29.4 Å². The Balaban J connectivity index is 1.93. The third-order valence-electron chi connectivity index (χ3n) is 3.61. The van der Waals surface area contributed by atoms with Gasteiger partial charge in [-0.2, -0.15) is 13.2 Å². The summed E-state index contributed by atoms with van der Waals surface area (Å²) in [5.41, 5.74) is -1.77. The monoisotopic (exact) mass is 382 g/mol. The molecule has 0 aliphatic carbocycles. The average Bonchev–Trinajstić information content (AvgIpc) is 3.02. The molecule has 0 atom stereocenters. The van der Waals surface area contributed by atoms with Crippen molar-refractivity contribution >= 4 is 33.3 Å².